The molecule has 3 heteroatoms. The van der Waals surface area contributed by atoms with Crippen molar-refractivity contribution in [3.8, 4) is 5.75 Å². The standard InChI is InChI=1S/C9H9O2.Al/c1-2-8(10)7-5-3-4-6-9(7)11;/h1-6,8,10-11H;. The molecule has 1 unspecified atom stereocenters. The van der Waals surface area contributed by atoms with Gasteiger partial charge in [0, 0.05) is 5.56 Å². The van der Waals surface area contributed by atoms with Crippen molar-refractivity contribution < 1.29 is 10.2 Å². The maximum atomic E-state index is 9.44. The van der Waals surface area contributed by atoms with Crippen LogP contribution in [0.25, 0.3) is 0 Å². The summed E-state index contributed by atoms with van der Waals surface area (Å²) in [6.07, 6.45) is 0.850. The Bertz CT molecular complexity index is 284. The molecule has 1 atom stereocenters. The van der Waals surface area contributed by atoms with Crippen LogP contribution >= 0.6 is 0 Å². The maximum absolute atomic E-state index is 9.44. The first-order chi connectivity index (χ1) is 5.75. The summed E-state index contributed by atoms with van der Waals surface area (Å²) in [5.41, 5.74) is 0.524. The molecule has 0 aliphatic rings. The third-order valence-electron chi connectivity index (χ3n) is 1.55. The second kappa shape index (κ2) is 4.32. The predicted molar refractivity (Wildman–Crippen MR) is 48.0 cm³/mol. The Hall–Kier alpha value is -0.748. The number of aromatic hydroxyl groups is 1. The molecule has 0 aliphatic carbocycles. The fraction of sp³-hybridized carbons (Fsp3) is 0.111. The Kier molecular flexibility index (Phi) is 3.36. The lowest BCUT2D eigenvalue weighted by molar-refractivity contribution is 0.224. The summed E-state index contributed by atoms with van der Waals surface area (Å²) in [7, 11) is 0. The Labute approximate surface area is 79.6 Å². The molecule has 2 N–H and O–H groups in total. The number of phenols is 1. The van der Waals surface area contributed by atoms with E-state index in [1.165, 1.54) is 0 Å². The van der Waals surface area contributed by atoms with Crippen LogP contribution in [0.1, 0.15) is 11.7 Å². The van der Waals surface area contributed by atoms with Crippen LogP contribution in [0.2, 0.25) is 0 Å². The first kappa shape index (κ1) is 9.34. The van der Waals surface area contributed by atoms with E-state index in [4.69, 9.17) is 0 Å². The van der Waals surface area contributed by atoms with Crippen molar-refractivity contribution in [2.45, 2.75) is 6.10 Å². The van der Waals surface area contributed by atoms with Crippen molar-refractivity contribution in [3.05, 3.63) is 40.8 Å². The lowest BCUT2D eigenvalue weighted by Gasteiger charge is -2.07. The van der Waals surface area contributed by atoms with Gasteiger partial charge < -0.3 is 10.2 Å². The van der Waals surface area contributed by atoms with Crippen molar-refractivity contribution >= 4 is 16.3 Å². The monoisotopic (exact) mass is 176 g/mol. The van der Waals surface area contributed by atoms with Crippen molar-refractivity contribution in [2.75, 3.05) is 0 Å². The second-order valence-electron chi connectivity index (χ2n) is 2.39. The highest BCUT2D eigenvalue weighted by Crippen LogP contribution is 2.23. The molecule has 0 spiro atoms. The number of benzene rings is 1. The molecule has 0 heterocycles. The van der Waals surface area contributed by atoms with Crippen molar-refractivity contribution in [1.82, 2.24) is 0 Å². The molecule has 1 rings (SSSR count). The van der Waals surface area contributed by atoms with E-state index in [0.717, 1.165) is 0 Å². The van der Waals surface area contributed by atoms with E-state index in [9.17, 15) is 10.2 Å². The normalized spacial score (nSPS) is 13.4. The van der Waals surface area contributed by atoms with Gasteiger partial charge in [-0.25, -0.2) is 0 Å². The Morgan fingerprint density at radius 1 is 1.33 bits per heavy atom. The Morgan fingerprint density at radius 3 is 2.58 bits per heavy atom. The average molecular weight is 176 g/mol. The molecule has 0 amide bonds. The highest BCUT2D eigenvalue weighted by molar-refractivity contribution is 6.17. The number of rotatable bonds is 2. The van der Waals surface area contributed by atoms with E-state index >= 15 is 0 Å². The lowest BCUT2D eigenvalue weighted by Crippen LogP contribution is -1.92. The largest absolute Gasteiger partial charge is 0.508 e. The summed E-state index contributed by atoms with van der Waals surface area (Å²) in [6.45, 7) is 0. The van der Waals surface area contributed by atoms with E-state index in [0.29, 0.717) is 5.56 Å². The van der Waals surface area contributed by atoms with Crippen LogP contribution in [-0.2, 0) is 0 Å². The molecule has 0 saturated carbocycles. The molecular formula is C9H9AlO2. The minimum Gasteiger partial charge on any atom is -0.508 e. The maximum Gasteiger partial charge on any atom is 0.161 e. The molecule has 0 bridgehead atoms. The minimum atomic E-state index is -0.733. The van der Waals surface area contributed by atoms with Crippen molar-refractivity contribution in [3.63, 3.8) is 0 Å². The number of aliphatic hydroxyl groups excluding tert-OH is 1. The summed E-state index contributed by atoms with van der Waals surface area (Å²) >= 11 is 2.37. The Morgan fingerprint density at radius 2 is 2.00 bits per heavy atom. The molecule has 60 valence electrons. The topological polar surface area (TPSA) is 40.5 Å². The van der Waals surface area contributed by atoms with E-state index < -0.39 is 6.10 Å². The summed E-state index contributed by atoms with van der Waals surface area (Å²) in [5, 5.41) is 18.7. The van der Waals surface area contributed by atoms with Gasteiger partial charge in [0.1, 0.15) is 5.75 Å². The third kappa shape index (κ3) is 2.12. The zero-order chi connectivity index (χ0) is 8.97. The van der Waals surface area contributed by atoms with Crippen LogP contribution in [0.15, 0.2) is 35.3 Å². The molecule has 0 aromatic heterocycles. The fourth-order valence-corrected chi connectivity index (χ4v) is 1.16. The van der Waals surface area contributed by atoms with Crippen LogP contribution in [-0.4, -0.2) is 26.5 Å². The zero-order valence-electron chi connectivity index (χ0n) is 6.51. The third-order valence-corrected chi connectivity index (χ3v) is 1.77. The van der Waals surface area contributed by atoms with Gasteiger partial charge >= 0.3 is 0 Å². The fourth-order valence-electron chi connectivity index (χ4n) is 0.947. The van der Waals surface area contributed by atoms with Gasteiger partial charge in [-0.1, -0.05) is 24.3 Å². The average Bonchev–Trinajstić information content (AvgIpc) is 2.05. The first-order valence-electron chi connectivity index (χ1n) is 3.60. The highest BCUT2D eigenvalue weighted by atomic mass is 27.0. The summed E-state index contributed by atoms with van der Waals surface area (Å²) < 4.78 is 0. The highest BCUT2D eigenvalue weighted by Gasteiger charge is 2.06. The summed E-state index contributed by atoms with van der Waals surface area (Å²) in [5.74, 6) is 0.119. The molecule has 2 radical (unpaired) electrons. The summed E-state index contributed by atoms with van der Waals surface area (Å²) in [6, 6.07) is 6.73. The number of aliphatic hydroxyl groups is 1. The van der Waals surface area contributed by atoms with E-state index in [2.05, 4.69) is 16.3 Å². The Balaban J connectivity index is 2.94. The molecule has 1 aromatic rings. The minimum absolute atomic E-state index is 0.119. The smallest absolute Gasteiger partial charge is 0.161 e. The molecule has 0 fully saturated rings. The van der Waals surface area contributed by atoms with E-state index in [-0.39, 0.29) is 5.75 Å². The SMILES string of the molecule is Oc1ccccc1C(O)/C=[CH]/[Al]. The van der Waals surface area contributed by atoms with E-state index in [1.807, 2.05) is 0 Å². The van der Waals surface area contributed by atoms with Gasteiger partial charge in [0.25, 0.3) is 0 Å². The molecular weight excluding hydrogens is 167 g/mol. The van der Waals surface area contributed by atoms with Gasteiger partial charge in [-0.15, -0.1) is 0 Å². The van der Waals surface area contributed by atoms with Gasteiger partial charge in [0.05, 0.1) is 6.10 Å². The quantitative estimate of drug-likeness (QED) is 0.662. The summed E-state index contributed by atoms with van der Waals surface area (Å²) in [4.78, 5) is 1.66. The van der Waals surface area contributed by atoms with Gasteiger partial charge in [-0.05, 0) is 6.07 Å². The van der Waals surface area contributed by atoms with Gasteiger partial charge in [-0.3, -0.25) is 0 Å². The zero-order valence-corrected chi connectivity index (χ0v) is 7.67. The first-order valence-corrected chi connectivity index (χ1v) is 4.26. The number of phenolic OH excluding ortho intramolecular Hbond substituents is 1. The molecule has 0 aliphatic heterocycles. The van der Waals surface area contributed by atoms with Crippen LogP contribution in [0.5, 0.6) is 5.75 Å². The number of hydrogen-bond acceptors (Lipinski definition) is 2. The van der Waals surface area contributed by atoms with Crippen LogP contribution in [0.3, 0.4) is 0 Å². The van der Waals surface area contributed by atoms with Crippen LogP contribution < -0.4 is 0 Å². The van der Waals surface area contributed by atoms with Crippen molar-refractivity contribution in [1.29, 1.82) is 0 Å². The number of para-hydroxylation sites is 1. The van der Waals surface area contributed by atoms with Crippen LogP contribution in [0.4, 0.5) is 0 Å². The predicted octanol–water partition coefficient (Wildman–Crippen LogP) is 1.11. The number of hydrogen-bond donors (Lipinski definition) is 2. The molecule has 12 heavy (non-hydrogen) atoms. The second-order valence-corrected chi connectivity index (χ2v) is 2.77. The van der Waals surface area contributed by atoms with Gasteiger partial charge in [0.2, 0.25) is 0 Å². The van der Waals surface area contributed by atoms with Crippen LogP contribution in [0, 0.1) is 0 Å². The molecule has 0 saturated heterocycles. The van der Waals surface area contributed by atoms with Gasteiger partial charge in [-0.2, -0.15) is 4.94 Å². The van der Waals surface area contributed by atoms with Gasteiger partial charge in [0.15, 0.2) is 16.3 Å². The molecule has 2 nitrogen and oxygen atoms in total. The van der Waals surface area contributed by atoms with E-state index in [1.54, 1.807) is 35.3 Å². The molecule has 1 aromatic carbocycles. The van der Waals surface area contributed by atoms with Crippen molar-refractivity contribution in [2.24, 2.45) is 0 Å². The lowest BCUT2D eigenvalue weighted by atomic mass is 10.1.